The molecule has 0 bridgehead atoms. The lowest BCUT2D eigenvalue weighted by molar-refractivity contribution is -0.113. The quantitative estimate of drug-likeness (QED) is 0.330. The third-order valence-electron chi connectivity index (χ3n) is 5.21. The van der Waals surface area contributed by atoms with Gasteiger partial charge in [-0.25, -0.2) is 0 Å². The SMILES string of the molecule is Cc1cc(C)cc(NC(=O)CSc2nnc([C@H](CC(C)C)NC(=O)c3ccc(Cl)cc3Cl)n2C)c1. The molecule has 0 aliphatic rings. The number of aryl methyl sites for hydroxylation is 2. The highest BCUT2D eigenvalue weighted by atomic mass is 35.5. The zero-order chi connectivity index (χ0) is 25.7. The first-order valence-electron chi connectivity index (χ1n) is 11.2. The number of thioether (sulfide) groups is 1. The Morgan fingerprint density at radius 1 is 1.06 bits per heavy atom. The van der Waals surface area contributed by atoms with Gasteiger partial charge in [-0.2, -0.15) is 0 Å². The molecule has 0 spiro atoms. The van der Waals surface area contributed by atoms with Gasteiger partial charge in [0.05, 0.1) is 22.4 Å². The Morgan fingerprint density at radius 2 is 1.74 bits per heavy atom. The molecule has 35 heavy (non-hydrogen) atoms. The molecule has 1 heterocycles. The third kappa shape index (κ3) is 7.46. The highest BCUT2D eigenvalue weighted by Gasteiger charge is 2.24. The van der Waals surface area contributed by atoms with E-state index in [2.05, 4.69) is 40.7 Å². The number of anilines is 1. The minimum absolute atomic E-state index is 0.131. The Morgan fingerprint density at radius 3 is 2.37 bits per heavy atom. The minimum atomic E-state index is -0.384. The molecule has 2 aromatic carbocycles. The van der Waals surface area contributed by atoms with E-state index >= 15 is 0 Å². The summed E-state index contributed by atoms with van der Waals surface area (Å²) < 4.78 is 1.81. The first-order valence-corrected chi connectivity index (χ1v) is 12.9. The largest absolute Gasteiger partial charge is 0.342 e. The minimum Gasteiger partial charge on any atom is -0.342 e. The molecule has 7 nitrogen and oxygen atoms in total. The summed E-state index contributed by atoms with van der Waals surface area (Å²) in [5, 5.41) is 15.9. The Kier molecular flexibility index (Phi) is 9.21. The lowest BCUT2D eigenvalue weighted by Crippen LogP contribution is -2.31. The molecule has 0 fully saturated rings. The number of aromatic nitrogens is 3. The number of rotatable bonds is 9. The van der Waals surface area contributed by atoms with Crippen molar-refractivity contribution >= 4 is 52.5 Å². The number of nitrogens with one attached hydrogen (secondary N) is 2. The van der Waals surface area contributed by atoms with E-state index in [4.69, 9.17) is 23.2 Å². The second-order valence-electron chi connectivity index (χ2n) is 8.89. The molecule has 0 aliphatic carbocycles. The van der Waals surface area contributed by atoms with E-state index in [-0.39, 0.29) is 34.5 Å². The summed E-state index contributed by atoms with van der Waals surface area (Å²) in [5.74, 6) is 0.628. The van der Waals surface area contributed by atoms with Crippen LogP contribution in [0.5, 0.6) is 0 Å². The van der Waals surface area contributed by atoms with Crippen molar-refractivity contribution in [3.05, 3.63) is 69.0 Å². The highest BCUT2D eigenvalue weighted by Crippen LogP contribution is 2.26. The Balaban J connectivity index is 1.70. The standard InChI is InChI=1S/C25H29Cl2N5O2S/c1-14(2)8-21(29-24(34)19-7-6-17(26)12-20(19)27)23-30-31-25(32(23)5)35-13-22(33)28-18-10-15(3)9-16(4)11-18/h6-7,9-12,14,21H,8,13H2,1-5H3,(H,28,33)(H,29,34)/t21-/m0/s1. The van der Waals surface area contributed by atoms with Crippen LogP contribution in [0.25, 0.3) is 0 Å². The van der Waals surface area contributed by atoms with Crippen molar-refractivity contribution in [2.45, 2.75) is 45.3 Å². The van der Waals surface area contributed by atoms with Gasteiger partial charge in [-0.3, -0.25) is 9.59 Å². The maximum atomic E-state index is 12.9. The molecule has 3 rings (SSSR count). The van der Waals surface area contributed by atoms with Gasteiger partial charge in [0.15, 0.2) is 11.0 Å². The molecular formula is C25H29Cl2N5O2S. The molecular weight excluding hydrogens is 505 g/mol. The summed E-state index contributed by atoms with van der Waals surface area (Å²) >= 11 is 13.5. The summed E-state index contributed by atoms with van der Waals surface area (Å²) in [5.41, 5.74) is 3.28. The normalized spacial score (nSPS) is 12.0. The number of nitrogens with zero attached hydrogens (tertiary/aromatic N) is 3. The number of carbonyl (C=O) groups excluding carboxylic acids is 2. The van der Waals surface area contributed by atoms with Gasteiger partial charge in [-0.05, 0) is 67.6 Å². The van der Waals surface area contributed by atoms with Crippen LogP contribution < -0.4 is 10.6 Å². The molecule has 2 amide bonds. The predicted molar refractivity (Wildman–Crippen MR) is 142 cm³/mol. The number of carbonyl (C=O) groups is 2. The van der Waals surface area contributed by atoms with Gasteiger partial charge in [0.25, 0.3) is 5.91 Å². The van der Waals surface area contributed by atoms with Gasteiger partial charge in [-0.15, -0.1) is 10.2 Å². The zero-order valence-electron chi connectivity index (χ0n) is 20.4. The van der Waals surface area contributed by atoms with Crippen molar-refractivity contribution in [2.24, 2.45) is 13.0 Å². The van der Waals surface area contributed by atoms with Crippen LogP contribution in [0.4, 0.5) is 5.69 Å². The predicted octanol–water partition coefficient (Wildman–Crippen LogP) is 5.99. The second-order valence-corrected chi connectivity index (χ2v) is 10.7. The third-order valence-corrected chi connectivity index (χ3v) is 6.77. The number of amides is 2. The van der Waals surface area contributed by atoms with Gasteiger partial charge in [0.2, 0.25) is 5.91 Å². The van der Waals surface area contributed by atoms with E-state index in [1.807, 2.05) is 37.6 Å². The van der Waals surface area contributed by atoms with Gasteiger partial charge < -0.3 is 15.2 Å². The Hall–Kier alpha value is -2.55. The summed E-state index contributed by atoms with van der Waals surface area (Å²) in [6.07, 6.45) is 0.654. The summed E-state index contributed by atoms with van der Waals surface area (Å²) in [6.45, 7) is 8.12. The molecule has 2 N–H and O–H groups in total. The van der Waals surface area contributed by atoms with Crippen LogP contribution in [-0.2, 0) is 11.8 Å². The van der Waals surface area contributed by atoms with Crippen molar-refractivity contribution in [3.8, 4) is 0 Å². The number of hydrogen-bond acceptors (Lipinski definition) is 5. The van der Waals surface area contributed by atoms with Crippen LogP contribution >= 0.6 is 35.0 Å². The van der Waals surface area contributed by atoms with Gasteiger partial charge in [-0.1, -0.05) is 54.9 Å². The van der Waals surface area contributed by atoms with Crippen LogP contribution in [0.2, 0.25) is 10.0 Å². The van der Waals surface area contributed by atoms with Gasteiger partial charge in [0.1, 0.15) is 0 Å². The summed E-state index contributed by atoms with van der Waals surface area (Å²) in [4.78, 5) is 25.4. The fraction of sp³-hybridized carbons (Fsp3) is 0.360. The topological polar surface area (TPSA) is 88.9 Å². The van der Waals surface area contributed by atoms with Gasteiger partial charge in [0, 0.05) is 17.8 Å². The van der Waals surface area contributed by atoms with Crippen LogP contribution in [0.1, 0.15) is 53.6 Å². The first kappa shape index (κ1) is 27.0. The second kappa shape index (κ2) is 11.9. The van der Waals surface area contributed by atoms with Crippen molar-refractivity contribution < 1.29 is 9.59 Å². The first-order chi connectivity index (χ1) is 16.5. The fourth-order valence-electron chi connectivity index (χ4n) is 3.74. The number of halogens is 2. The highest BCUT2D eigenvalue weighted by molar-refractivity contribution is 7.99. The van der Waals surface area contributed by atoms with E-state index in [0.29, 0.717) is 28.0 Å². The van der Waals surface area contributed by atoms with Crippen LogP contribution in [-0.4, -0.2) is 32.3 Å². The summed E-state index contributed by atoms with van der Waals surface area (Å²) in [6, 6.07) is 10.3. The van der Waals surface area contributed by atoms with Crippen molar-refractivity contribution in [2.75, 3.05) is 11.1 Å². The van der Waals surface area contributed by atoms with Crippen molar-refractivity contribution in [1.82, 2.24) is 20.1 Å². The van der Waals surface area contributed by atoms with Crippen molar-refractivity contribution in [1.29, 1.82) is 0 Å². The number of hydrogen-bond donors (Lipinski definition) is 2. The molecule has 0 radical (unpaired) electrons. The molecule has 10 heteroatoms. The van der Waals surface area contributed by atoms with E-state index in [1.54, 1.807) is 12.1 Å². The molecule has 0 saturated carbocycles. The van der Waals surface area contributed by atoms with Gasteiger partial charge >= 0.3 is 0 Å². The molecule has 0 aliphatic heterocycles. The Labute approximate surface area is 220 Å². The van der Waals surface area contributed by atoms with E-state index in [0.717, 1.165) is 16.8 Å². The molecule has 0 saturated heterocycles. The molecule has 186 valence electrons. The average Bonchev–Trinajstić information content (AvgIpc) is 3.10. The van der Waals surface area contributed by atoms with Crippen molar-refractivity contribution in [3.63, 3.8) is 0 Å². The van der Waals surface area contributed by atoms with E-state index in [1.165, 1.54) is 17.8 Å². The Bertz CT molecular complexity index is 1210. The molecule has 3 aromatic rings. The molecule has 1 atom stereocenters. The summed E-state index contributed by atoms with van der Waals surface area (Å²) in [7, 11) is 1.83. The number of benzene rings is 2. The lowest BCUT2D eigenvalue weighted by Gasteiger charge is -2.20. The average molecular weight is 535 g/mol. The maximum absolute atomic E-state index is 12.9. The van der Waals surface area contributed by atoms with E-state index < -0.39 is 0 Å². The van der Waals surface area contributed by atoms with Crippen LogP contribution in [0.3, 0.4) is 0 Å². The van der Waals surface area contributed by atoms with E-state index in [9.17, 15) is 9.59 Å². The lowest BCUT2D eigenvalue weighted by atomic mass is 10.0. The van der Waals surface area contributed by atoms with Crippen LogP contribution in [0, 0.1) is 19.8 Å². The molecule has 0 unspecified atom stereocenters. The maximum Gasteiger partial charge on any atom is 0.253 e. The zero-order valence-corrected chi connectivity index (χ0v) is 22.7. The van der Waals surface area contributed by atoms with Crippen LogP contribution in [0.15, 0.2) is 41.6 Å². The monoisotopic (exact) mass is 533 g/mol. The smallest absolute Gasteiger partial charge is 0.253 e. The fourth-order valence-corrected chi connectivity index (χ4v) is 4.95. The molecule has 1 aromatic heterocycles.